The average molecular weight is 186 g/mol. The Morgan fingerprint density at radius 1 is 1.23 bits per heavy atom. The molecule has 0 aromatic heterocycles. The first-order chi connectivity index (χ1) is 6.22. The molecule has 1 aliphatic carbocycles. The van der Waals surface area contributed by atoms with E-state index in [2.05, 4.69) is 17.6 Å². The van der Waals surface area contributed by atoms with E-state index in [9.17, 15) is 0 Å². The van der Waals surface area contributed by atoms with Gasteiger partial charge in [-0.1, -0.05) is 6.92 Å². The van der Waals surface area contributed by atoms with E-state index in [4.69, 9.17) is 5.11 Å². The molecule has 1 saturated carbocycles. The van der Waals surface area contributed by atoms with Crippen LogP contribution < -0.4 is 10.6 Å². The molecular formula is C10H22N2O. The van der Waals surface area contributed by atoms with Crippen LogP contribution in [0.1, 0.15) is 39.5 Å². The number of aliphatic hydroxyl groups is 1. The number of hydrogen-bond donors (Lipinski definition) is 3. The van der Waals surface area contributed by atoms with Crippen molar-refractivity contribution in [3.63, 3.8) is 0 Å². The van der Waals surface area contributed by atoms with Gasteiger partial charge in [-0.2, -0.15) is 0 Å². The van der Waals surface area contributed by atoms with Crippen molar-refractivity contribution < 1.29 is 5.11 Å². The summed E-state index contributed by atoms with van der Waals surface area (Å²) in [6, 6.07) is 1.23. The summed E-state index contributed by atoms with van der Waals surface area (Å²) in [5.41, 5.74) is 0. The summed E-state index contributed by atoms with van der Waals surface area (Å²) in [6.07, 6.45) is 4.47. The summed E-state index contributed by atoms with van der Waals surface area (Å²) in [4.78, 5) is 0. The van der Waals surface area contributed by atoms with Crippen LogP contribution in [0, 0.1) is 0 Å². The second-order valence-corrected chi connectivity index (χ2v) is 3.95. The molecule has 13 heavy (non-hydrogen) atoms. The molecule has 0 heterocycles. The molecule has 0 aromatic carbocycles. The maximum absolute atomic E-state index is 9.15. The van der Waals surface area contributed by atoms with E-state index in [1.54, 1.807) is 6.92 Å². The smallest absolute Gasteiger partial charge is 0.102 e. The summed E-state index contributed by atoms with van der Waals surface area (Å²) in [5.74, 6) is 0. The number of rotatable bonds is 4. The zero-order valence-electron chi connectivity index (χ0n) is 8.71. The van der Waals surface area contributed by atoms with Crippen molar-refractivity contribution in [1.29, 1.82) is 0 Å². The van der Waals surface area contributed by atoms with Crippen LogP contribution in [0.3, 0.4) is 0 Å². The van der Waals surface area contributed by atoms with Gasteiger partial charge in [-0.3, -0.25) is 5.32 Å². The minimum absolute atomic E-state index is 0.360. The van der Waals surface area contributed by atoms with Gasteiger partial charge in [-0.15, -0.1) is 0 Å². The van der Waals surface area contributed by atoms with Gasteiger partial charge in [0.25, 0.3) is 0 Å². The van der Waals surface area contributed by atoms with Crippen molar-refractivity contribution in [2.24, 2.45) is 0 Å². The minimum atomic E-state index is -0.360. The fourth-order valence-electron chi connectivity index (χ4n) is 2.09. The maximum Gasteiger partial charge on any atom is 0.102 e. The molecule has 3 heteroatoms. The molecule has 78 valence electrons. The van der Waals surface area contributed by atoms with Gasteiger partial charge in [0.15, 0.2) is 0 Å². The summed E-state index contributed by atoms with van der Waals surface area (Å²) >= 11 is 0. The topological polar surface area (TPSA) is 44.3 Å². The maximum atomic E-state index is 9.15. The Balaban J connectivity index is 2.15. The largest absolute Gasteiger partial charge is 0.379 e. The van der Waals surface area contributed by atoms with E-state index in [0.29, 0.717) is 12.1 Å². The summed E-state index contributed by atoms with van der Waals surface area (Å²) < 4.78 is 0. The Morgan fingerprint density at radius 3 is 2.23 bits per heavy atom. The van der Waals surface area contributed by atoms with Crippen LogP contribution in [0.25, 0.3) is 0 Å². The molecule has 0 aliphatic heterocycles. The third-order valence-electron chi connectivity index (χ3n) is 2.70. The third-order valence-corrected chi connectivity index (χ3v) is 2.70. The first kappa shape index (κ1) is 11.0. The monoisotopic (exact) mass is 186 g/mol. The Morgan fingerprint density at radius 2 is 1.77 bits per heavy atom. The van der Waals surface area contributed by atoms with E-state index >= 15 is 0 Å². The summed E-state index contributed by atoms with van der Waals surface area (Å²) in [5, 5.41) is 15.8. The standard InChI is InChI=1S/C10H22N2O/c1-3-11-9-4-6-10(7-5-9)12-8(2)13/h8-13H,3-7H2,1-2H3. The second-order valence-electron chi connectivity index (χ2n) is 3.95. The molecule has 0 radical (unpaired) electrons. The van der Waals surface area contributed by atoms with E-state index in [1.807, 2.05) is 0 Å². The van der Waals surface area contributed by atoms with Crippen LogP contribution in [-0.4, -0.2) is 30.0 Å². The van der Waals surface area contributed by atoms with E-state index in [1.165, 1.54) is 25.7 Å². The number of nitrogens with one attached hydrogen (secondary N) is 2. The molecule has 1 unspecified atom stereocenters. The molecule has 0 aromatic rings. The predicted molar refractivity (Wildman–Crippen MR) is 54.5 cm³/mol. The molecule has 0 spiro atoms. The van der Waals surface area contributed by atoms with E-state index in [0.717, 1.165) is 6.54 Å². The van der Waals surface area contributed by atoms with Crippen molar-refractivity contribution in [3.05, 3.63) is 0 Å². The van der Waals surface area contributed by atoms with Crippen molar-refractivity contribution in [1.82, 2.24) is 10.6 Å². The highest BCUT2D eigenvalue weighted by molar-refractivity contribution is 4.80. The van der Waals surface area contributed by atoms with Gasteiger partial charge in [0.05, 0.1) is 0 Å². The summed E-state index contributed by atoms with van der Waals surface area (Å²) in [7, 11) is 0. The Bertz CT molecular complexity index is 131. The SMILES string of the molecule is CCNC1CCC(NC(C)O)CC1. The molecule has 1 aliphatic rings. The first-order valence-corrected chi connectivity index (χ1v) is 5.40. The van der Waals surface area contributed by atoms with Crippen LogP contribution in [-0.2, 0) is 0 Å². The van der Waals surface area contributed by atoms with Crippen molar-refractivity contribution in [3.8, 4) is 0 Å². The minimum Gasteiger partial charge on any atom is -0.379 e. The molecule has 1 atom stereocenters. The molecular weight excluding hydrogens is 164 g/mol. The molecule has 3 N–H and O–H groups in total. The quantitative estimate of drug-likeness (QED) is 0.570. The fraction of sp³-hybridized carbons (Fsp3) is 1.00. The highest BCUT2D eigenvalue weighted by atomic mass is 16.3. The normalized spacial score (nSPS) is 31.6. The lowest BCUT2D eigenvalue weighted by atomic mass is 9.91. The predicted octanol–water partition coefficient (Wildman–Crippen LogP) is 0.835. The Kier molecular flexibility index (Phi) is 4.70. The van der Waals surface area contributed by atoms with Gasteiger partial charge in [0.2, 0.25) is 0 Å². The van der Waals surface area contributed by atoms with Gasteiger partial charge in [-0.05, 0) is 39.2 Å². The lowest BCUT2D eigenvalue weighted by molar-refractivity contribution is 0.127. The van der Waals surface area contributed by atoms with Gasteiger partial charge >= 0.3 is 0 Å². The van der Waals surface area contributed by atoms with Crippen molar-refractivity contribution in [2.45, 2.75) is 57.8 Å². The zero-order valence-corrected chi connectivity index (χ0v) is 8.71. The van der Waals surface area contributed by atoms with E-state index < -0.39 is 0 Å². The van der Waals surface area contributed by atoms with Gasteiger partial charge in [0.1, 0.15) is 6.23 Å². The molecule has 0 saturated heterocycles. The average Bonchev–Trinajstić information content (AvgIpc) is 2.08. The highest BCUT2D eigenvalue weighted by Crippen LogP contribution is 2.18. The lowest BCUT2D eigenvalue weighted by Crippen LogP contribution is -2.42. The van der Waals surface area contributed by atoms with Crippen LogP contribution in [0.5, 0.6) is 0 Å². The van der Waals surface area contributed by atoms with Crippen LogP contribution in [0.15, 0.2) is 0 Å². The molecule has 1 rings (SSSR count). The third kappa shape index (κ3) is 4.07. The first-order valence-electron chi connectivity index (χ1n) is 5.40. The molecule has 3 nitrogen and oxygen atoms in total. The molecule has 0 amide bonds. The number of hydrogen-bond acceptors (Lipinski definition) is 3. The summed E-state index contributed by atoms with van der Waals surface area (Å²) in [6.45, 7) is 5.01. The molecule has 0 bridgehead atoms. The van der Waals surface area contributed by atoms with Gasteiger partial charge < -0.3 is 10.4 Å². The van der Waals surface area contributed by atoms with Crippen LogP contribution in [0.4, 0.5) is 0 Å². The lowest BCUT2D eigenvalue weighted by Gasteiger charge is -2.30. The Labute approximate surface area is 80.9 Å². The van der Waals surface area contributed by atoms with E-state index in [-0.39, 0.29) is 6.23 Å². The van der Waals surface area contributed by atoms with Crippen LogP contribution in [0.2, 0.25) is 0 Å². The zero-order chi connectivity index (χ0) is 9.68. The van der Waals surface area contributed by atoms with Crippen LogP contribution >= 0.6 is 0 Å². The van der Waals surface area contributed by atoms with Gasteiger partial charge in [-0.25, -0.2) is 0 Å². The number of aliphatic hydroxyl groups excluding tert-OH is 1. The van der Waals surface area contributed by atoms with Crippen molar-refractivity contribution >= 4 is 0 Å². The second kappa shape index (κ2) is 5.58. The highest BCUT2D eigenvalue weighted by Gasteiger charge is 2.20. The fourth-order valence-corrected chi connectivity index (χ4v) is 2.09. The van der Waals surface area contributed by atoms with Crippen molar-refractivity contribution in [2.75, 3.05) is 6.54 Å². The molecule has 1 fully saturated rings. The Hall–Kier alpha value is -0.120. The van der Waals surface area contributed by atoms with Gasteiger partial charge in [0, 0.05) is 12.1 Å².